The molecule has 20 heavy (non-hydrogen) atoms. The van der Waals surface area contributed by atoms with Crippen LogP contribution < -0.4 is 10.6 Å². The molecule has 0 saturated carbocycles. The van der Waals surface area contributed by atoms with E-state index in [4.69, 9.17) is 0 Å². The van der Waals surface area contributed by atoms with Gasteiger partial charge in [-0.3, -0.25) is 9.59 Å². The number of hydrogen-bond donors (Lipinski definition) is 2. The Balaban J connectivity index is 0.00000361. The first-order valence-electron chi connectivity index (χ1n) is 7.45. The fourth-order valence-electron chi connectivity index (χ4n) is 2.41. The molecule has 0 aromatic heterocycles. The highest BCUT2D eigenvalue weighted by Crippen LogP contribution is 2.11. The van der Waals surface area contributed by atoms with Gasteiger partial charge in [0.2, 0.25) is 11.8 Å². The summed E-state index contributed by atoms with van der Waals surface area (Å²) in [6.45, 7) is 7.96. The van der Waals surface area contributed by atoms with Crippen LogP contribution >= 0.6 is 12.4 Å². The lowest BCUT2D eigenvalue weighted by atomic mass is 9.97. The molecule has 1 aliphatic rings. The number of carbonyl (C=O) groups excluding carboxylic acids is 2. The highest BCUT2D eigenvalue weighted by Gasteiger charge is 2.20. The lowest BCUT2D eigenvalue weighted by Crippen LogP contribution is -2.38. The van der Waals surface area contributed by atoms with E-state index >= 15 is 0 Å². The summed E-state index contributed by atoms with van der Waals surface area (Å²) in [5, 5.41) is 6.19. The third kappa shape index (κ3) is 6.57. The third-order valence-electron chi connectivity index (χ3n) is 3.69. The van der Waals surface area contributed by atoms with Crippen molar-refractivity contribution in [3.05, 3.63) is 0 Å². The van der Waals surface area contributed by atoms with Gasteiger partial charge in [-0.05, 0) is 46.2 Å². The second kappa shape index (κ2) is 10.9. The highest BCUT2D eigenvalue weighted by molar-refractivity contribution is 5.85. The van der Waals surface area contributed by atoms with Gasteiger partial charge in [0.05, 0.1) is 0 Å². The minimum atomic E-state index is 0. The maximum absolute atomic E-state index is 11.9. The number of halogens is 1. The van der Waals surface area contributed by atoms with Crippen molar-refractivity contribution in [2.24, 2.45) is 5.92 Å². The smallest absolute Gasteiger partial charge is 0.223 e. The molecule has 6 heteroatoms. The molecule has 1 aliphatic heterocycles. The van der Waals surface area contributed by atoms with Crippen LogP contribution in [0.5, 0.6) is 0 Å². The number of carbonyl (C=O) groups is 2. The number of nitrogens with zero attached hydrogens (tertiary/aromatic N) is 1. The van der Waals surface area contributed by atoms with Gasteiger partial charge in [0.25, 0.3) is 0 Å². The first kappa shape index (κ1) is 19.2. The second-order valence-electron chi connectivity index (χ2n) is 4.98. The molecule has 1 fully saturated rings. The van der Waals surface area contributed by atoms with E-state index in [0.29, 0.717) is 13.0 Å². The molecule has 0 bridgehead atoms. The predicted octanol–water partition coefficient (Wildman–Crippen LogP) is 1.17. The molecule has 1 saturated heterocycles. The predicted molar refractivity (Wildman–Crippen MR) is 83.0 cm³/mol. The Hall–Kier alpha value is -0.810. The van der Waals surface area contributed by atoms with Crippen molar-refractivity contribution in [1.82, 2.24) is 15.5 Å². The van der Waals surface area contributed by atoms with Gasteiger partial charge in [0.15, 0.2) is 0 Å². The molecule has 0 atom stereocenters. The van der Waals surface area contributed by atoms with Crippen LogP contribution in [0.25, 0.3) is 0 Å². The molecule has 0 aromatic carbocycles. The topological polar surface area (TPSA) is 61.4 Å². The van der Waals surface area contributed by atoms with Gasteiger partial charge in [0.1, 0.15) is 0 Å². The quantitative estimate of drug-likeness (QED) is 0.694. The maximum Gasteiger partial charge on any atom is 0.223 e. The van der Waals surface area contributed by atoms with E-state index < -0.39 is 0 Å². The van der Waals surface area contributed by atoms with E-state index in [1.54, 1.807) is 0 Å². The van der Waals surface area contributed by atoms with Gasteiger partial charge in [-0.2, -0.15) is 0 Å². The Kier molecular flexibility index (Phi) is 10.5. The summed E-state index contributed by atoms with van der Waals surface area (Å²) < 4.78 is 0. The fraction of sp³-hybridized carbons (Fsp3) is 0.857. The molecule has 118 valence electrons. The lowest BCUT2D eigenvalue weighted by molar-refractivity contribution is -0.131. The molecule has 2 N–H and O–H groups in total. The van der Waals surface area contributed by atoms with Gasteiger partial charge in [0, 0.05) is 32.0 Å². The average molecular weight is 306 g/mol. The monoisotopic (exact) mass is 305 g/mol. The van der Waals surface area contributed by atoms with E-state index in [2.05, 4.69) is 10.6 Å². The van der Waals surface area contributed by atoms with Crippen molar-refractivity contribution in [2.75, 3.05) is 32.7 Å². The van der Waals surface area contributed by atoms with Crippen LogP contribution in [-0.2, 0) is 9.59 Å². The Morgan fingerprint density at radius 3 is 2.35 bits per heavy atom. The Morgan fingerprint density at radius 2 is 1.80 bits per heavy atom. The second-order valence-corrected chi connectivity index (χ2v) is 4.98. The van der Waals surface area contributed by atoms with Crippen LogP contribution in [0.1, 0.15) is 39.5 Å². The van der Waals surface area contributed by atoms with Crippen molar-refractivity contribution >= 4 is 24.2 Å². The summed E-state index contributed by atoms with van der Waals surface area (Å²) in [4.78, 5) is 25.4. The molecule has 0 unspecified atom stereocenters. The van der Waals surface area contributed by atoms with Crippen molar-refractivity contribution in [1.29, 1.82) is 0 Å². The number of amides is 2. The van der Waals surface area contributed by atoms with Gasteiger partial charge < -0.3 is 15.5 Å². The first-order chi connectivity index (χ1) is 9.19. The first-order valence-corrected chi connectivity index (χ1v) is 7.45. The molecular formula is C14H28ClN3O2. The van der Waals surface area contributed by atoms with Crippen molar-refractivity contribution < 1.29 is 9.59 Å². The molecule has 1 rings (SSSR count). The zero-order valence-corrected chi connectivity index (χ0v) is 13.4. The molecular weight excluding hydrogens is 278 g/mol. The van der Waals surface area contributed by atoms with E-state index in [0.717, 1.165) is 45.4 Å². The Bertz CT molecular complexity index is 290. The molecule has 1 heterocycles. The zero-order valence-electron chi connectivity index (χ0n) is 12.6. The molecule has 0 aliphatic carbocycles. The van der Waals surface area contributed by atoms with Crippen molar-refractivity contribution in [3.8, 4) is 0 Å². The molecule has 0 spiro atoms. The standard InChI is InChI=1S/C14H27N3O2.ClH/c1-3-17(4-2)13(18)6-5-9-16-14(19)12-7-10-15-11-8-12;/h12,15H,3-11H2,1-2H3,(H,16,19);1H. The van der Waals surface area contributed by atoms with Crippen LogP contribution in [-0.4, -0.2) is 49.4 Å². The van der Waals surface area contributed by atoms with E-state index in [-0.39, 0.29) is 30.1 Å². The Morgan fingerprint density at radius 1 is 1.20 bits per heavy atom. The van der Waals surface area contributed by atoms with Gasteiger partial charge in [-0.15, -0.1) is 12.4 Å². The molecule has 0 aromatic rings. The maximum atomic E-state index is 11.9. The van der Waals surface area contributed by atoms with E-state index in [9.17, 15) is 9.59 Å². The zero-order chi connectivity index (χ0) is 14.1. The van der Waals surface area contributed by atoms with Crippen LogP contribution in [0.4, 0.5) is 0 Å². The summed E-state index contributed by atoms with van der Waals surface area (Å²) in [5.74, 6) is 0.484. The largest absolute Gasteiger partial charge is 0.356 e. The molecule has 5 nitrogen and oxygen atoms in total. The summed E-state index contributed by atoms with van der Waals surface area (Å²) in [6, 6.07) is 0. The van der Waals surface area contributed by atoms with Crippen molar-refractivity contribution in [3.63, 3.8) is 0 Å². The van der Waals surface area contributed by atoms with E-state index in [1.807, 2.05) is 18.7 Å². The van der Waals surface area contributed by atoms with Gasteiger partial charge in [-0.1, -0.05) is 0 Å². The number of piperidine rings is 1. The highest BCUT2D eigenvalue weighted by atomic mass is 35.5. The minimum Gasteiger partial charge on any atom is -0.356 e. The molecule has 0 radical (unpaired) electrons. The average Bonchev–Trinajstić information content (AvgIpc) is 2.45. The van der Waals surface area contributed by atoms with E-state index in [1.165, 1.54) is 0 Å². The summed E-state index contributed by atoms with van der Waals surface area (Å²) in [7, 11) is 0. The summed E-state index contributed by atoms with van der Waals surface area (Å²) in [6.07, 6.45) is 3.09. The lowest BCUT2D eigenvalue weighted by Gasteiger charge is -2.22. The molecule has 2 amide bonds. The van der Waals surface area contributed by atoms with Gasteiger partial charge >= 0.3 is 0 Å². The Labute approximate surface area is 128 Å². The van der Waals surface area contributed by atoms with Crippen LogP contribution in [0.2, 0.25) is 0 Å². The minimum absolute atomic E-state index is 0. The normalized spacial score (nSPS) is 15.3. The van der Waals surface area contributed by atoms with Crippen molar-refractivity contribution in [2.45, 2.75) is 39.5 Å². The number of hydrogen-bond acceptors (Lipinski definition) is 3. The SMILES string of the molecule is CCN(CC)C(=O)CCCNC(=O)C1CCNCC1.Cl. The van der Waals surface area contributed by atoms with Gasteiger partial charge in [-0.25, -0.2) is 0 Å². The number of nitrogens with one attached hydrogen (secondary N) is 2. The fourth-order valence-corrected chi connectivity index (χ4v) is 2.41. The van der Waals surface area contributed by atoms with Crippen LogP contribution in [0, 0.1) is 5.92 Å². The third-order valence-corrected chi connectivity index (χ3v) is 3.69. The van der Waals surface area contributed by atoms with Crippen LogP contribution in [0.3, 0.4) is 0 Å². The number of rotatable bonds is 7. The summed E-state index contributed by atoms with van der Waals surface area (Å²) in [5.41, 5.74) is 0. The van der Waals surface area contributed by atoms with Crippen LogP contribution in [0.15, 0.2) is 0 Å². The summed E-state index contributed by atoms with van der Waals surface area (Å²) >= 11 is 0.